The Morgan fingerprint density at radius 1 is 0.786 bits per heavy atom. The Kier molecular flexibility index (Phi) is 4.45. The van der Waals surface area contributed by atoms with Gasteiger partial charge < -0.3 is 0 Å². The Labute approximate surface area is 167 Å². The number of benzene rings is 2. The van der Waals surface area contributed by atoms with E-state index < -0.39 is 0 Å². The van der Waals surface area contributed by atoms with Crippen molar-refractivity contribution in [2.24, 2.45) is 0 Å². The van der Waals surface area contributed by atoms with Crippen LogP contribution >= 0.6 is 0 Å². The van der Waals surface area contributed by atoms with Gasteiger partial charge in [-0.15, -0.1) is 0 Å². The first-order valence-corrected chi connectivity index (χ1v) is 9.97. The molecule has 28 heavy (non-hydrogen) atoms. The van der Waals surface area contributed by atoms with E-state index in [1.165, 1.54) is 27.5 Å². The van der Waals surface area contributed by atoms with Crippen LogP contribution in [0.4, 0.5) is 0 Å². The molecule has 2 heterocycles. The van der Waals surface area contributed by atoms with E-state index >= 15 is 0 Å². The number of pyridine rings is 2. The molecule has 142 valence electrons. The van der Waals surface area contributed by atoms with Gasteiger partial charge in [0, 0.05) is 23.2 Å². The van der Waals surface area contributed by atoms with Gasteiger partial charge in [-0.25, -0.2) is 0 Å². The number of aromatic nitrogens is 2. The minimum absolute atomic E-state index is 0.0149. The van der Waals surface area contributed by atoms with E-state index in [1.54, 1.807) is 0 Å². The zero-order chi connectivity index (χ0) is 19.9. The van der Waals surface area contributed by atoms with Gasteiger partial charge in [0.25, 0.3) is 0 Å². The number of hydrogen-bond acceptors (Lipinski definition) is 2. The molecule has 4 aromatic rings. The fourth-order valence-electron chi connectivity index (χ4n) is 4.02. The number of fused-ring (bicyclic) bond motifs is 2. The summed E-state index contributed by atoms with van der Waals surface area (Å²) in [6.07, 6.45) is 4.85. The van der Waals surface area contributed by atoms with Crippen molar-refractivity contribution in [1.29, 1.82) is 0 Å². The van der Waals surface area contributed by atoms with Crippen molar-refractivity contribution in [3.8, 4) is 0 Å². The van der Waals surface area contributed by atoms with E-state index in [9.17, 15) is 0 Å². The lowest BCUT2D eigenvalue weighted by Gasteiger charge is -2.26. The van der Waals surface area contributed by atoms with Gasteiger partial charge in [0.15, 0.2) is 0 Å². The molecule has 2 aromatic carbocycles. The Hall–Kier alpha value is -2.74. The third-order valence-electron chi connectivity index (χ3n) is 5.61. The minimum Gasteiger partial charge on any atom is -0.256 e. The summed E-state index contributed by atoms with van der Waals surface area (Å²) in [5, 5.41) is 2.42. The summed E-state index contributed by atoms with van der Waals surface area (Å²) >= 11 is 0. The molecule has 0 unspecified atom stereocenters. The lowest BCUT2D eigenvalue weighted by molar-refractivity contribution is 0.522. The monoisotopic (exact) mass is 368 g/mol. The van der Waals surface area contributed by atoms with Crippen molar-refractivity contribution in [1.82, 2.24) is 9.97 Å². The van der Waals surface area contributed by atoms with E-state index in [2.05, 4.69) is 94.3 Å². The lowest BCUT2D eigenvalue weighted by Crippen LogP contribution is -2.20. The van der Waals surface area contributed by atoms with Gasteiger partial charge in [-0.3, -0.25) is 9.97 Å². The van der Waals surface area contributed by atoms with Crippen LogP contribution in [0.5, 0.6) is 0 Å². The Morgan fingerprint density at radius 2 is 1.57 bits per heavy atom. The van der Waals surface area contributed by atoms with Gasteiger partial charge in [-0.05, 0) is 58.2 Å². The Bertz CT molecular complexity index is 1150. The van der Waals surface area contributed by atoms with Gasteiger partial charge >= 0.3 is 0 Å². The Morgan fingerprint density at radius 3 is 2.36 bits per heavy atom. The van der Waals surface area contributed by atoms with Crippen molar-refractivity contribution >= 4 is 21.8 Å². The molecule has 0 aliphatic heterocycles. The quantitative estimate of drug-likeness (QED) is 0.407. The molecule has 0 aliphatic carbocycles. The van der Waals surface area contributed by atoms with Crippen molar-refractivity contribution in [3.05, 3.63) is 83.7 Å². The predicted molar refractivity (Wildman–Crippen MR) is 119 cm³/mol. The van der Waals surface area contributed by atoms with Crippen LogP contribution in [0.2, 0.25) is 0 Å². The van der Waals surface area contributed by atoms with E-state index in [4.69, 9.17) is 4.98 Å². The molecule has 0 bridgehead atoms. The molecule has 2 nitrogen and oxygen atoms in total. The van der Waals surface area contributed by atoms with Crippen LogP contribution in [-0.4, -0.2) is 9.97 Å². The van der Waals surface area contributed by atoms with Crippen LogP contribution in [0.15, 0.2) is 67.0 Å². The van der Waals surface area contributed by atoms with Crippen LogP contribution < -0.4 is 0 Å². The molecule has 0 fully saturated rings. The highest BCUT2D eigenvalue weighted by Crippen LogP contribution is 2.32. The zero-order valence-corrected chi connectivity index (χ0v) is 17.5. The maximum Gasteiger partial charge on any atom is 0.0739 e. The highest BCUT2D eigenvalue weighted by Gasteiger charge is 2.23. The van der Waals surface area contributed by atoms with Gasteiger partial charge in [-0.1, -0.05) is 65.0 Å². The summed E-state index contributed by atoms with van der Waals surface area (Å²) in [4.78, 5) is 9.31. The normalized spacial score (nSPS) is 12.6. The van der Waals surface area contributed by atoms with Crippen molar-refractivity contribution < 1.29 is 0 Å². The van der Waals surface area contributed by atoms with Gasteiger partial charge in [0.2, 0.25) is 0 Å². The molecular weight excluding hydrogens is 340 g/mol. The predicted octanol–water partition coefficient (Wildman–Crippen LogP) is 6.60. The summed E-state index contributed by atoms with van der Waals surface area (Å²) in [7, 11) is 0. The summed E-state index contributed by atoms with van der Waals surface area (Å²) in [5.41, 5.74) is 6.18. The van der Waals surface area contributed by atoms with E-state index in [0.717, 1.165) is 17.5 Å². The molecule has 2 heteroatoms. The number of para-hydroxylation sites is 1. The maximum atomic E-state index is 4.87. The second-order valence-electron chi connectivity index (χ2n) is 9.44. The third kappa shape index (κ3) is 3.52. The molecule has 4 rings (SSSR count). The van der Waals surface area contributed by atoms with E-state index in [0.29, 0.717) is 0 Å². The molecule has 0 saturated heterocycles. The minimum atomic E-state index is 0.0149. The topological polar surface area (TPSA) is 25.8 Å². The smallest absolute Gasteiger partial charge is 0.0739 e. The molecule has 0 aliphatic rings. The first-order chi connectivity index (χ1) is 13.2. The van der Waals surface area contributed by atoms with Crippen molar-refractivity contribution in [2.45, 2.75) is 51.9 Å². The van der Waals surface area contributed by atoms with Crippen LogP contribution in [0.1, 0.15) is 51.3 Å². The number of rotatable bonds is 3. The van der Waals surface area contributed by atoms with Crippen LogP contribution in [0.3, 0.4) is 0 Å². The van der Waals surface area contributed by atoms with Crippen molar-refractivity contribution in [2.75, 3.05) is 0 Å². The average Bonchev–Trinajstić information content (AvgIpc) is 2.66. The summed E-state index contributed by atoms with van der Waals surface area (Å²) in [6.45, 7) is 11.3. The van der Waals surface area contributed by atoms with E-state index in [1.807, 2.05) is 12.3 Å². The largest absolute Gasteiger partial charge is 0.256 e. The highest BCUT2D eigenvalue weighted by atomic mass is 14.7. The molecule has 0 spiro atoms. The lowest BCUT2D eigenvalue weighted by atomic mass is 9.78. The second kappa shape index (κ2) is 6.70. The van der Waals surface area contributed by atoms with Crippen molar-refractivity contribution in [3.63, 3.8) is 0 Å². The first-order valence-electron chi connectivity index (χ1n) is 9.97. The van der Waals surface area contributed by atoms with E-state index in [-0.39, 0.29) is 10.8 Å². The van der Waals surface area contributed by atoms with Gasteiger partial charge in [0.1, 0.15) is 0 Å². The van der Waals surface area contributed by atoms with Crippen LogP contribution in [-0.2, 0) is 17.3 Å². The molecule has 0 N–H and O–H groups in total. The fourth-order valence-corrected chi connectivity index (χ4v) is 4.02. The molecule has 0 radical (unpaired) electrons. The number of nitrogens with zero attached hydrogens (tertiary/aromatic N) is 2. The second-order valence-corrected chi connectivity index (χ2v) is 9.44. The standard InChI is InChI=1S/C26H28N2/c1-25(2,3)22-10-6-8-20-14-18(17-28-24(20)22)16-26(4,5)21-11-12-23-19(15-21)9-7-13-27-23/h6-15,17H,16H2,1-5H3. The maximum absolute atomic E-state index is 4.87. The molecule has 0 amide bonds. The summed E-state index contributed by atoms with van der Waals surface area (Å²) < 4.78 is 0. The highest BCUT2D eigenvalue weighted by molar-refractivity contribution is 5.83. The Balaban J connectivity index is 1.69. The van der Waals surface area contributed by atoms with Crippen LogP contribution in [0.25, 0.3) is 21.8 Å². The first kappa shape index (κ1) is 18.6. The molecular formula is C26H28N2. The van der Waals surface area contributed by atoms with Gasteiger partial charge in [-0.2, -0.15) is 0 Å². The average molecular weight is 369 g/mol. The molecule has 2 aromatic heterocycles. The molecule has 0 saturated carbocycles. The van der Waals surface area contributed by atoms with Crippen LogP contribution in [0, 0.1) is 0 Å². The zero-order valence-electron chi connectivity index (χ0n) is 17.5. The summed E-state index contributed by atoms with van der Waals surface area (Å²) in [6, 6.07) is 19.6. The summed E-state index contributed by atoms with van der Waals surface area (Å²) in [5.74, 6) is 0. The number of hydrogen-bond donors (Lipinski definition) is 0. The fraction of sp³-hybridized carbons (Fsp3) is 0.308. The third-order valence-corrected chi connectivity index (χ3v) is 5.61. The van der Waals surface area contributed by atoms with Gasteiger partial charge in [0.05, 0.1) is 11.0 Å². The SMILES string of the molecule is CC(C)(C)c1cccc2cc(CC(C)(C)c3ccc4ncccc4c3)cnc12. The molecule has 0 atom stereocenters.